The van der Waals surface area contributed by atoms with E-state index in [-0.39, 0.29) is 22.8 Å². The van der Waals surface area contributed by atoms with Gasteiger partial charge in [-0.1, -0.05) is 0 Å². The Morgan fingerprint density at radius 1 is 1.18 bits per heavy atom. The fourth-order valence-corrected chi connectivity index (χ4v) is 4.73. The van der Waals surface area contributed by atoms with E-state index in [4.69, 9.17) is 4.74 Å². The van der Waals surface area contributed by atoms with Crippen molar-refractivity contribution in [3.63, 3.8) is 0 Å². The van der Waals surface area contributed by atoms with E-state index >= 15 is 0 Å². The largest absolute Gasteiger partial charge is 0.373 e. The molecule has 7 heteroatoms. The first kappa shape index (κ1) is 19.1. The summed E-state index contributed by atoms with van der Waals surface area (Å²) in [7, 11) is 0. The summed E-state index contributed by atoms with van der Waals surface area (Å²) in [5, 5.41) is 12.4. The number of anilines is 1. The van der Waals surface area contributed by atoms with Crippen molar-refractivity contribution in [3.05, 3.63) is 40.6 Å². The molecule has 2 atom stereocenters. The fraction of sp³-hybridized carbons (Fsp3) is 0.571. The number of nitro benzene ring substituents is 1. The van der Waals surface area contributed by atoms with E-state index in [9.17, 15) is 10.1 Å². The van der Waals surface area contributed by atoms with Gasteiger partial charge in [-0.25, -0.2) is 0 Å². The van der Waals surface area contributed by atoms with E-state index in [1.54, 1.807) is 18.3 Å². The van der Waals surface area contributed by atoms with Crippen LogP contribution in [0, 0.1) is 16.0 Å². The lowest BCUT2D eigenvalue weighted by Gasteiger charge is -2.40. The summed E-state index contributed by atoms with van der Waals surface area (Å²) in [6.07, 6.45) is 4.37. The van der Waals surface area contributed by atoms with Crippen molar-refractivity contribution in [1.29, 1.82) is 0 Å². The minimum Gasteiger partial charge on any atom is -0.373 e. The first-order chi connectivity index (χ1) is 13.5. The maximum Gasteiger partial charge on any atom is 0.301 e. The van der Waals surface area contributed by atoms with Crippen LogP contribution in [0.5, 0.6) is 0 Å². The van der Waals surface area contributed by atoms with Gasteiger partial charge in [-0.15, -0.1) is 0 Å². The Morgan fingerprint density at radius 3 is 2.57 bits per heavy atom. The van der Waals surface area contributed by atoms with Gasteiger partial charge in [0.05, 0.1) is 28.0 Å². The van der Waals surface area contributed by atoms with Crippen molar-refractivity contribution in [2.45, 2.75) is 38.9 Å². The van der Waals surface area contributed by atoms with Crippen LogP contribution in [0.4, 0.5) is 11.4 Å². The molecule has 0 aliphatic carbocycles. The average Bonchev–Trinajstić information content (AvgIpc) is 2.67. The van der Waals surface area contributed by atoms with E-state index in [2.05, 4.69) is 28.6 Å². The quantitative estimate of drug-likeness (QED) is 0.594. The van der Waals surface area contributed by atoms with E-state index < -0.39 is 0 Å². The second kappa shape index (κ2) is 8.01. The molecule has 0 radical (unpaired) electrons. The number of ether oxygens (including phenoxy) is 1. The van der Waals surface area contributed by atoms with E-state index in [1.165, 1.54) is 0 Å². The van der Waals surface area contributed by atoms with Crippen molar-refractivity contribution in [1.82, 2.24) is 9.88 Å². The maximum atomic E-state index is 11.8. The molecule has 7 nitrogen and oxygen atoms in total. The van der Waals surface area contributed by atoms with Gasteiger partial charge in [-0.05, 0) is 56.9 Å². The molecule has 2 aliphatic heterocycles. The number of hydrogen-bond donors (Lipinski definition) is 0. The monoisotopic (exact) mass is 384 g/mol. The molecule has 0 bridgehead atoms. The SMILES string of the molecule is CC1CN(CC2CCN(c3ccc4ncccc4c3[N+](=O)[O-])CC2)CC(C)O1. The van der Waals surface area contributed by atoms with Crippen molar-refractivity contribution in [2.75, 3.05) is 37.6 Å². The highest BCUT2D eigenvalue weighted by atomic mass is 16.6. The van der Waals surface area contributed by atoms with Crippen LogP contribution in [-0.4, -0.2) is 59.7 Å². The molecule has 2 aliphatic rings. The fourth-order valence-electron chi connectivity index (χ4n) is 4.73. The lowest BCUT2D eigenvalue weighted by molar-refractivity contribution is -0.382. The molecule has 0 N–H and O–H groups in total. The third-order valence-electron chi connectivity index (χ3n) is 5.88. The topological polar surface area (TPSA) is 71.7 Å². The number of piperidine rings is 1. The molecule has 0 saturated carbocycles. The third kappa shape index (κ3) is 3.95. The highest BCUT2D eigenvalue weighted by molar-refractivity contribution is 5.94. The molecule has 2 fully saturated rings. The third-order valence-corrected chi connectivity index (χ3v) is 5.88. The van der Waals surface area contributed by atoms with Crippen molar-refractivity contribution < 1.29 is 9.66 Å². The minimum absolute atomic E-state index is 0.180. The summed E-state index contributed by atoms with van der Waals surface area (Å²) in [6.45, 7) is 9.06. The van der Waals surface area contributed by atoms with Gasteiger partial charge < -0.3 is 9.64 Å². The van der Waals surface area contributed by atoms with Crippen LogP contribution in [0.3, 0.4) is 0 Å². The number of aromatic nitrogens is 1. The van der Waals surface area contributed by atoms with E-state index in [0.29, 0.717) is 16.8 Å². The predicted molar refractivity (Wildman–Crippen MR) is 110 cm³/mol. The van der Waals surface area contributed by atoms with Crippen LogP contribution in [0.25, 0.3) is 10.9 Å². The summed E-state index contributed by atoms with van der Waals surface area (Å²) in [5.74, 6) is 0.634. The van der Waals surface area contributed by atoms with Crippen LogP contribution in [0.2, 0.25) is 0 Å². The van der Waals surface area contributed by atoms with E-state index in [0.717, 1.165) is 51.3 Å². The summed E-state index contributed by atoms with van der Waals surface area (Å²) in [4.78, 5) is 20.5. The second-order valence-corrected chi connectivity index (χ2v) is 8.17. The summed E-state index contributed by atoms with van der Waals surface area (Å²) in [6, 6.07) is 7.30. The Morgan fingerprint density at radius 2 is 1.89 bits per heavy atom. The van der Waals surface area contributed by atoms with Crippen LogP contribution >= 0.6 is 0 Å². The second-order valence-electron chi connectivity index (χ2n) is 8.17. The van der Waals surface area contributed by atoms with Crippen LogP contribution in [0.1, 0.15) is 26.7 Å². The summed E-state index contributed by atoms with van der Waals surface area (Å²) >= 11 is 0. The molecular weight excluding hydrogens is 356 g/mol. The Bertz CT molecular complexity index is 841. The molecule has 3 heterocycles. The number of rotatable bonds is 4. The molecule has 2 saturated heterocycles. The van der Waals surface area contributed by atoms with Gasteiger partial charge in [0, 0.05) is 38.9 Å². The van der Waals surface area contributed by atoms with Gasteiger partial charge in [0.1, 0.15) is 5.69 Å². The first-order valence-corrected chi connectivity index (χ1v) is 10.2. The van der Waals surface area contributed by atoms with Crippen LogP contribution in [-0.2, 0) is 4.74 Å². The van der Waals surface area contributed by atoms with Crippen molar-refractivity contribution >= 4 is 22.3 Å². The van der Waals surface area contributed by atoms with Gasteiger partial charge in [0.2, 0.25) is 0 Å². The Labute approximate surface area is 165 Å². The predicted octanol–water partition coefficient (Wildman–Crippen LogP) is 3.47. The zero-order valence-corrected chi connectivity index (χ0v) is 16.6. The van der Waals surface area contributed by atoms with Gasteiger partial charge in [0.25, 0.3) is 0 Å². The Kier molecular flexibility index (Phi) is 5.46. The average molecular weight is 384 g/mol. The lowest BCUT2D eigenvalue weighted by Crippen LogP contribution is -2.48. The smallest absolute Gasteiger partial charge is 0.301 e. The number of hydrogen-bond acceptors (Lipinski definition) is 6. The lowest BCUT2D eigenvalue weighted by atomic mass is 9.95. The van der Waals surface area contributed by atoms with Gasteiger partial charge in [-0.3, -0.25) is 20.0 Å². The number of pyridine rings is 1. The molecule has 28 heavy (non-hydrogen) atoms. The minimum atomic E-state index is -0.262. The molecule has 0 amide bonds. The van der Waals surface area contributed by atoms with Gasteiger partial charge in [0.15, 0.2) is 0 Å². The number of morpholine rings is 1. The number of nitrogens with zero attached hydrogens (tertiary/aromatic N) is 4. The molecule has 1 aromatic heterocycles. The Balaban J connectivity index is 1.45. The van der Waals surface area contributed by atoms with Gasteiger partial charge in [-0.2, -0.15) is 0 Å². The zero-order valence-electron chi connectivity index (χ0n) is 16.6. The van der Waals surface area contributed by atoms with Crippen LogP contribution < -0.4 is 4.90 Å². The number of nitro groups is 1. The summed E-state index contributed by atoms with van der Waals surface area (Å²) in [5.41, 5.74) is 1.57. The first-order valence-electron chi connectivity index (χ1n) is 10.2. The van der Waals surface area contributed by atoms with Gasteiger partial charge >= 0.3 is 5.69 Å². The van der Waals surface area contributed by atoms with Crippen molar-refractivity contribution in [2.24, 2.45) is 5.92 Å². The Hall–Kier alpha value is -2.25. The van der Waals surface area contributed by atoms with Crippen LogP contribution in [0.15, 0.2) is 30.5 Å². The summed E-state index contributed by atoms with van der Waals surface area (Å²) < 4.78 is 5.83. The number of fused-ring (bicyclic) bond motifs is 1. The molecule has 2 unspecified atom stereocenters. The standard InChI is InChI=1S/C21H28N4O3/c1-15-12-23(13-16(2)28-15)14-17-7-10-24(11-8-17)20-6-5-19-18(4-3-9-22-19)21(20)25(26)27/h3-6,9,15-17H,7-8,10-14H2,1-2H3. The normalized spacial score (nSPS) is 24.6. The molecule has 0 spiro atoms. The molecule has 4 rings (SSSR count). The highest BCUT2D eigenvalue weighted by Gasteiger charge is 2.29. The zero-order chi connectivity index (χ0) is 19.7. The molecule has 2 aromatic rings. The van der Waals surface area contributed by atoms with Crippen molar-refractivity contribution in [3.8, 4) is 0 Å². The highest BCUT2D eigenvalue weighted by Crippen LogP contribution is 2.37. The maximum absolute atomic E-state index is 11.8. The molecule has 1 aromatic carbocycles. The number of benzene rings is 1. The molecular formula is C21H28N4O3. The molecule has 150 valence electrons. The van der Waals surface area contributed by atoms with E-state index in [1.807, 2.05) is 12.1 Å².